The van der Waals surface area contributed by atoms with Crippen molar-refractivity contribution in [2.24, 2.45) is 29.6 Å². The Morgan fingerprint density at radius 3 is 2.22 bits per heavy atom. The number of β-amino-alcohol motifs (C(OH)–C–C–N with tert-alkyl or cyclic N) is 1. The minimum Gasteiger partial charge on any atom is -0.507 e. The highest BCUT2D eigenvalue weighted by molar-refractivity contribution is 7.13. The van der Waals surface area contributed by atoms with Crippen LogP contribution >= 0.6 is 11.3 Å². The number of benzene rings is 2. The number of phenols is 1. The molecule has 2 saturated carbocycles. The van der Waals surface area contributed by atoms with Gasteiger partial charge in [-0.15, -0.1) is 21.5 Å². The van der Waals surface area contributed by atoms with E-state index in [4.69, 9.17) is 15.0 Å². The first-order valence-corrected chi connectivity index (χ1v) is 31.2. The number of aryl methyl sites for hydroxylation is 1. The lowest BCUT2D eigenvalue weighted by molar-refractivity contribution is -0.141. The molecule has 2 amide bonds. The Hall–Kier alpha value is -5.70. The van der Waals surface area contributed by atoms with Crippen LogP contribution in [-0.2, 0) is 14.3 Å². The van der Waals surface area contributed by atoms with Gasteiger partial charge in [0.05, 0.1) is 51.8 Å². The summed E-state index contributed by atoms with van der Waals surface area (Å²) in [4.78, 5) is 48.1. The van der Waals surface area contributed by atoms with Gasteiger partial charge in [0, 0.05) is 109 Å². The number of para-hydroxylation sites is 1. The summed E-state index contributed by atoms with van der Waals surface area (Å²) in [7, 11) is 0. The van der Waals surface area contributed by atoms with Gasteiger partial charge in [-0.1, -0.05) is 55.4 Å². The standard InChI is InChI=1S/C62H84N12O6S/c1-38(2)58(62(78)74-35-47(75)29-54(74)61(77)65-39(3)42-9-11-43(12-10-42)59-40(4)64-37-81-59)56-31-57(68-80-56)72-21-15-41(16-22-72)32-69-19-17-48(18-20-69)79-49-27-46(28-49)71-25-23-70(24-26-71)36-51-44-13-14-45(51)34-73(33-44)53-30-52(66-67-60(53)63)50-7-5-6-8-55(50)76/h5-12,30-31,37-39,41,44-49,51,54,58,75-76H,13-29,32-36H2,1-4H3,(H2,63,67)(H,65,77)/t39-,44?,45?,46?,47+,49?,51?,54-,58+/m0/s1. The Kier molecular flexibility index (Phi) is 16.7. The van der Waals surface area contributed by atoms with Gasteiger partial charge in [0.2, 0.25) is 11.8 Å². The van der Waals surface area contributed by atoms with Crippen molar-refractivity contribution < 1.29 is 29.1 Å². The summed E-state index contributed by atoms with van der Waals surface area (Å²) < 4.78 is 12.7. The number of aliphatic hydroxyl groups excluding tert-OH is 1. The van der Waals surface area contributed by atoms with Crippen LogP contribution in [0, 0.1) is 36.5 Å². The van der Waals surface area contributed by atoms with Gasteiger partial charge in [0.25, 0.3) is 0 Å². The molecule has 5 N–H and O–H groups in total. The van der Waals surface area contributed by atoms with E-state index in [-0.39, 0.29) is 42.5 Å². The molecule has 0 spiro atoms. The second-order valence-corrected chi connectivity index (χ2v) is 26.0. The largest absolute Gasteiger partial charge is 0.507 e. The Morgan fingerprint density at radius 1 is 0.815 bits per heavy atom. The van der Waals surface area contributed by atoms with Crippen LogP contribution in [0.25, 0.3) is 21.7 Å². The fourth-order valence-corrected chi connectivity index (χ4v) is 15.6. The second kappa shape index (κ2) is 24.3. The number of ether oxygens (including phenoxy) is 1. The van der Waals surface area contributed by atoms with Gasteiger partial charge in [0.1, 0.15) is 17.7 Å². The fourth-order valence-electron chi connectivity index (χ4n) is 14.8. The molecule has 2 aliphatic carbocycles. The number of nitrogens with zero attached hydrogens (tertiary/aromatic N) is 10. The first-order chi connectivity index (χ1) is 39.3. The zero-order valence-electron chi connectivity index (χ0n) is 47.8. The van der Waals surface area contributed by atoms with Crippen molar-refractivity contribution in [3.05, 3.63) is 83.2 Å². The molecule has 5 saturated heterocycles. The van der Waals surface area contributed by atoms with Crippen molar-refractivity contribution in [2.75, 3.05) is 101 Å². The summed E-state index contributed by atoms with van der Waals surface area (Å²) >= 11 is 1.61. The van der Waals surface area contributed by atoms with Crippen LogP contribution in [0.2, 0.25) is 0 Å². The normalized spacial score (nSPS) is 27.0. The number of nitrogens with two attached hydrogens (primary N) is 1. The smallest absolute Gasteiger partial charge is 0.243 e. The fraction of sp³-hybridized carbons (Fsp3) is 0.613. The van der Waals surface area contributed by atoms with Gasteiger partial charge < -0.3 is 55.0 Å². The van der Waals surface area contributed by atoms with Gasteiger partial charge in [-0.25, -0.2) is 4.98 Å². The van der Waals surface area contributed by atoms with Crippen molar-refractivity contribution in [3.8, 4) is 27.4 Å². The molecule has 3 aromatic heterocycles. The number of hydrogen-bond donors (Lipinski definition) is 4. The molecule has 19 heteroatoms. The van der Waals surface area contributed by atoms with Crippen molar-refractivity contribution in [1.82, 2.24) is 45.3 Å². The van der Waals surface area contributed by atoms with Crippen LogP contribution in [-0.4, -0.2) is 177 Å². The molecule has 2 aromatic carbocycles. The molecular formula is C62H84N12O6S. The highest BCUT2D eigenvalue weighted by Crippen LogP contribution is 2.45. The summed E-state index contributed by atoms with van der Waals surface area (Å²) in [5, 5.41) is 37.5. The number of aromatic nitrogens is 4. The topological polar surface area (TPSA) is 206 Å². The average molecular weight is 1130 g/mol. The van der Waals surface area contributed by atoms with Crippen LogP contribution in [0.15, 0.2) is 70.7 Å². The van der Waals surface area contributed by atoms with Gasteiger partial charge in [-0.2, -0.15) is 0 Å². The van der Waals surface area contributed by atoms with E-state index in [2.05, 4.69) is 50.2 Å². The molecule has 12 rings (SSSR count). The van der Waals surface area contributed by atoms with Crippen LogP contribution in [0.1, 0.15) is 108 Å². The quantitative estimate of drug-likeness (QED) is 0.0714. The SMILES string of the molecule is Cc1ncsc1-c1ccc([C@H](C)NC(=O)[C@@H]2C[C@@H](O)CN2C(=O)[C@@H](c2cc(N3CCC(CN4CCC(OC5CC(N6CCN(CC7C8CCC7CN(c7cc(-c9ccccc9O)nnc7N)C8)CC6)C5)CC4)CC3)no2)C(C)C)cc1. The first kappa shape index (κ1) is 55.8. The van der Waals surface area contributed by atoms with Crippen molar-refractivity contribution in [3.63, 3.8) is 0 Å². The van der Waals surface area contributed by atoms with Crippen LogP contribution < -0.4 is 20.9 Å². The predicted molar refractivity (Wildman–Crippen MR) is 315 cm³/mol. The van der Waals surface area contributed by atoms with E-state index in [1.54, 1.807) is 22.3 Å². The number of nitrogens with one attached hydrogen (secondary N) is 1. The summed E-state index contributed by atoms with van der Waals surface area (Å²) in [6, 6.07) is 18.9. The molecule has 0 radical (unpaired) electrons. The van der Waals surface area contributed by atoms with Crippen LogP contribution in [0.4, 0.5) is 17.3 Å². The zero-order valence-corrected chi connectivity index (χ0v) is 48.6. The number of thiazole rings is 1. The third-order valence-electron chi connectivity index (χ3n) is 19.6. The maximum Gasteiger partial charge on any atom is 0.243 e. The second-order valence-electron chi connectivity index (χ2n) is 25.2. The maximum absolute atomic E-state index is 14.4. The van der Waals surface area contributed by atoms with Crippen LogP contribution in [0.5, 0.6) is 5.75 Å². The summed E-state index contributed by atoms with van der Waals surface area (Å²) in [6.07, 6.45) is 9.36. The molecule has 7 fully saturated rings. The zero-order chi connectivity index (χ0) is 55.9. The maximum atomic E-state index is 14.4. The first-order valence-electron chi connectivity index (χ1n) is 30.3. The number of rotatable bonds is 17. The number of fused-ring (bicyclic) bond motifs is 2. The number of piperazine rings is 1. The molecule has 5 aliphatic heterocycles. The molecular weight excluding hydrogens is 1040 g/mol. The molecule has 8 heterocycles. The predicted octanol–water partition coefficient (Wildman–Crippen LogP) is 7.44. The van der Waals surface area contributed by atoms with Gasteiger partial charge in [-0.05, 0) is 124 Å². The third kappa shape index (κ3) is 12.2. The lowest BCUT2D eigenvalue weighted by Gasteiger charge is -2.48. The third-order valence-corrected chi connectivity index (χ3v) is 20.6. The molecule has 18 nitrogen and oxygen atoms in total. The number of aliphatic hydroxyl groups is 1. The lowest BCUT2D eigenvalue weighted by atomic mass is 9.84. The number of amides is 2. The number of phenolic OH excluding ortho intramolecular Hbond substituents is 1. The van der Waals surface area contributed by atoms with Gasteiger partial charge in [-0.3, -0.25) is 14.5 Å². The van der Waals surface area contributed by atoms with E-state index in [1.807, 2.05) is 87.8 Å². The number of hydrogen-bond acceptors (Lipinski definition) is 17. The summed E-state index contributed by atoms with van der Waals surface area (Å²) in [5.74, 6) is 3.29. The molecule has 2 unspecified atom stereocenters. The number of anilines is 3. The Balaban J connectivity index is 0.541. The lowest BCUT2D eigenvalue weighted by Crippen LogP contribution is -2.57. The molecule has 81 heavy (non-hydrogen) atoms. The number of carbonyl (C=O) groups excluding carboxylic acids is 2. The number of likely N-dealkylation sites (tertiary alicyclic amines) is 2. The van der Waals surface area contributed by atoms with Gasteiger partial charge >= 0.3 is 0 Å². The summed E-state index contributed by atoms with van der Waals surface area (Å²) in [6.45, 7) is 20.9. The van der Waals surface area contributed by atoms with Crippen molar-refractivity contribution >= 4 is 40.5 Å². The molecule has 6 atom stereocenters. The minimum absolute atomic E-state index is 0.0949. The Morgan fingerprint density at radius 2 is 1.53 bits per heavy atom. The molecule has 5 aromatic rings. The number of piperidine rings is 3. The van der Waals surface area contributed by atoms with E-state index in [9.17, 15) is 19.8 Å². The molecule has 7 aliphatic rings. The minimum atomic E-state index is -0.793. The number of carbonyl (C=O) groups is 2. The number of aromatic hydroxyl groups is 1. The van der Waals surface area contributed by atoms with E-state index in [0.717, 1.165) is 150 Å². The monoisotopic (exact) mass is 1120 g/mol. The van der Waals surface area contributed by atoms with Gasteiger partial charge in [0.15, 0.2) is 17.4 Å². The van der Waals surface area contributed by atoms with Crippen LogP contribution in [0.3, 0.4) is 0 Å². The highest BCUT2D eigenvalue weighted by Gasteiger charge is 2.46. The Bertz CT molecular complexity index is 2930. The van der Waals surface area contributed by atoms with E-state index < -0.39 is 18.1 Å². The van der Waals surface area contributed by atoms with Crippen molar-refractivity contribution in [1.29, 1.82) is 0 Å². The molecule has 2 bridgehead atoms. The van der Waals surface area contributed by atoms with E-state index in [1.165, 1.54) is 19.4 Å². The Labute approximate surface area is 481 Å². The van der Waals surface area contributed by atoms with Crippen molar-refractivity contribution in [2.45, 2.75) is 128 Å². The van der Waals surface area contributed by atoms with E-state index >= 15 is 0 Å². The number of nitrogen functional groups attached to an aromatic ring is 1. The average Bonchev–Trinajstić information content (AvgIpc) is 4.33. The molecule has 434 valence electrons. The highest BCUT2D eigenvalue weighted by atomic mass is 32.1. The summed E-state index contributed by atoms with van der Waals surface area (Å²) in [5.41, 5.74) is 13.6. The van der Waals surface area contributed by atoms with E-state index in [0.29, 0.717) is 58.8 Å².